The number of hydrogen-bond donors (Lipinski definition) is 0. The molecule has 102 valence electrons. The van der Waals surface area contributed by atoms with Gasteiger partial charge in [-0.25, -0.2) is 0 Å². The topological polar surface area (TPSA) is 43.6 Å². The highest BCUT2D eigenvalue weighted by Gasteiger charge is 2.09. The largest absolute Gasteiger partial charge is 0.214 e. The van der Waals surface area contributed by atoms with Crippen LogP contribution in [-0.4, -0.2) is 20.2 Å². The van der Waals surface area contributed by atoms with Crippen molar-refractivity contribution in [2.75, 3.05) is 0 Å². The first-order chi connectivity index (χ1) is 9.72. The third-order valence-electron chi connectivity index (χ3n) is 2.69. The van der Waals surface area contributed by atoms with Gasteiger partial charge in [0.25, 0.3) is 0 Å². The molecule has 20 heavy (non-hydrogen) atoms. The summed E-state index contributed by atoms with van der Waals surface area (Å²) in [5.74, 6) is 0.809. The van der Waals surface area contributed by atoms with Crippen LogP contribution < -0.4 is 0 Å². The van der Waals surface area contributed by atoms with Crippen molar-refractivity contribution in [3.63, 3.8) is 0 Å². The van der Waals surface area contributed by atoms with Crippen LogP contribution >= 0.6 is 34.7 Å². The van der Waals surface area contributed by atoms with Gasteiger partial charge in [0.1, 0.15) is 0 Å². The smallest absolute Gasteiger partial charge is 0.188 e. The Morgan fingerprint density at radius 3 is 2.70 bits per heavy atom. The average Bonchev–Trinajstić information content (AvgIpc) is 3.06. The van der Waals surface area contributed by atoms with E-state index in [2.05, 4.69) is 22.4 Å². The summed E-state index contributed by atoms with van der Waals surface area (Å²) in [4.78, 5) is 1.21. The maximum atomic E-state index is 5.93. The molecule has 2 heterocycles. The SMILES string of the molecule is Cc1ccc(-n2nnnc2SCc2ccc(Cl)s2)cc1. The Kier molecular flexibility index (Phi) is 4.05. The second kappa shape index (κ2) is 5.95. The Balaban J connectivity index is 1.78. The Bertz CT molecular complexity index is 705. The first kappa shape index (κ1) is 13.6. The summed E-state index contributed by atoms with van der Waals surface area (Å²) in [6.45, 7) is 2.06. The molecule has 4 nitrogen and oxygen atoms in total. The van der Waals surface area contributed by atoms with E-state index in [0.29, 0.717) is 0 Å². The maximum Gasteiger partial charge on any atom is 0.214 e. The molecule has 0 spiro atoms. The van der Waals surface area contributed by atoms with E-state index in [1.165, 1.54) is 10.4 Å². The summed E-state index contributed by atoms with van der Waals surface area (Å²) in [7, 11) is 0. The van der Waals surface area contributed by atoms with Gasteiger partial charge in [-0.2, -0.15) is 4.68 Å². The van der Waals surface area contributed by atoms with E-state index >= 15 is 0 Å². The summed E-state index contributed by atoms with van der Waals surface area (Å²) in [5.41, 5.74) is 2.18. The number of thioether (sulfide) groups is 1. The number of benzene rings is 1. The fraction of sp³-hybridized carbons (Fsp3) is 0.154. The summed E-state index contributed by atoms with van der Waals surface area (Å²) in [6, 6.07) is 12.1. The van der Waals surface area contributed by atoms with Crippen LogP contribution in [0.4, 0.5) is 0 Å². The van der Waals surface area contributed by atoms with E-state index in [9.17, 15) is 0 Å². The fourth-order valence-corrected chi connectivity index (χ4v) is 3.70. The van der Waals surface area contributed by atoms with Gasteiger partial charge in [-0.3, -0.25) is 0 Å². The van der Waals surface area contributed by atoms with E-state index in [1.807, 2.05) is 36.4 Å². The highest BCUT2D eigenvalue weighted by molar-refractivity contribution is 7.98. The van der Waals surface area contributed by atoms with Crippen LogP contribution in [-0.2, 0) is 5.75 Å². The molecule has 0 saturated carbocycles. The highest BCUT2D eigenvalue weighted by atomic mass is 35.5. The third-order valence-corrected chi connectivity index (χ3v) is 5.07. The van der Waals surface area contributed by atoms with Gasteiger partial charge in [-0.15, -0.1) is 16.4 Å². The van der Waals surface area contributed by atoms with Crippen LogP contribution in [0.15, 0.2) is 41.6 Å². The van der Waals surface area contributed by atoms with Gasteiger partial charge in [0.2, 0.25) is 5.16 Å². The zero-order valence-corrected chi connectivity index (χ0v) is 13.0. The molecule has 1 aromatic carbocycles. The van der Waals surface area contributed by atoms with Gasteiger partial charge in [0.05, 0.1) is 10.0 Å². The molecular weight excluding hydrogens is 312 g/mol. The molecule has 0 bridgehead atoms. The van der Waals surface area contributed by atoms with Gasteiger partial charge >= 0.3 is 0 Å². The van der Waals surface area contributed by atoms with Crippen LogP contribution in [0.25, 0.3) is 5.69 Å². The monoisotopic (exact) mass is 322 g/mol. The Morgan fingerprint density at radius 2 is 2.00 bits per heavy atom. The average molecular weight is 323 g/mol. The summed E-state index contributed by atoms with van der Waals surface area (Å²) < 4.78 is 2.55. The van der Waals surface area contributed by atoms with Crippen molar-refractivity contribution in [1.82, 2.24) is 20.2 Å². The Morgan fingerprint density at radius 1 is 1.20 bits per heavy atom. The van der Waals surface area contributed by atoms with Gasteiger partial charge in [-0.05, 0) is 41.6 Å². The van der Waals surface area contributed by atoms with Crippen LogP contribution in [0.3, 0.4) is 0 Å². The zero-order valence-electron chi connectivity index (χ0n) is 10.7. The molecule has 0 N–H and O–H groups in total. The molecule has 0 atom stereocenters. The number of aromatic nitrogens is 4. The first-order valence-corrected chi connectivity index (χ1v) is 8.13. The number of halogens is 1. The number of tetrazole rings is 1. The predicted molar refractivity (Wildman–Crippen MR) is 82.8 cm³/mol. The molecule has 3 aromatic rings. The van der Waals surface area contributed by atoms with Gasteiger partial charge < -0.3 is 0 Å². The molecule has 7 heteroatoms. The highest BCUT2D eigenvalue weighted by Crippen LogP contribution is 2.28. The molecule has 2 aromatic heterocycles. The van der Waals surface area contributed by atoms with Crippen LogP contribution in [0, 0.1) is 6.92 Å². The number of aryl methyl sites for hydroxylation is 1. The fourth-order valence-electron chi connectivity index (χ4n) is 1.68. The van der Waals surface area contributed by atoms with E-state index in [1.54, 1.807) is 27.8 Å². The molecule has 0 radical (unpaired) electrons. The standard InChI is InChI=1S/C13H11ClN4S2/c1-9-2-4-10(5-3-9)18-13(15-16-17-18)19-8-11-6-7-12(14)20-11/h2-7H,8H2,1H3. The summed E-state index contributed by atoms with van der Waals surface area (Å²) in [6.07, 6.45) is 0. The zero-order chi connectivity index (χ0) is 13.9. The van der Waals surface area contributed by atoms with Gasteiger partial charge in [0.15, 0.2) is 0 Å². The van der Waals surface area contributed by atoms with E-state index in [-0.39, 0.29) is 0 Å². The van der Waals surface area contributed by atoms with Crippen LogP contribution in [0.5, 0.6) is 0 Å². The van der Waals surface area contributed by atoms with Crippen molar-refractivity contribution in [1.29, 1.82) is 0 Å². The molecule has 0 amide bonds. The van der Waals surface area contributed by atoms with Gasteiger partial charge in [-0.1, -0.05) is 41.1 Å². The lowest BCUT2D eigenvalue weighted by molar-refractivity contribution is 0.756. The molecule has 0 unspecified atom stereocenters. The summed E-state index contributed by atoms with van der Waals surface area (Å²) >= 11 is 9.10. The number of thiophene rings is 1. The van der Waals surface area contributed by atoms with Gasteiger partial charge in [0, 0.05) is 10.6 Å². The molecule has 0 aliphatic heterocycles. The second-order valence-corrected chi connectivity index (χ2v) is 6.95. The van der Waals surface area contributed by atoms with Crippen molar-refractivity contribution in [3.8, 4) is 5.69 Å². The Labute approximate surface area is 129 Å². The number of hydrogen-bond acceptors (Lipinski definition) is 5. The quantitative estimate of drug-likeness (QED) is 0.681. The molecular formula is C13H11ClN4S2. The normalized spacial score (nSPS) is 10.9. The molecule has 0 fully saturated rings. The van der Waals surface area contributed by atoms with E-state index < -0.39 is 0 Å². The van der Waals surface area contributed by atoms with Crippen molar-refractivity contribution in [2.24, 2.45) is 0 Å². The van der Waals surface area contributed by atoms with Crippen molar-refractivity contribution in [3.05, 3.63) is 51.2 Å². The second-order valence-electron chi connectivity index (χ2n) is 4.20. The molecule has 3 rings (SSSR count). The van der Waals surface area contributed by atoms with Crippen molar-refractivity contribution < 1.29 is 0 Å². The number of rotatable bonds is 4. The maximum absolute atomic E-state index is 5.93. The number of nitrogens with zero attached hydrogens (tertiary/aromatic N) is 4. The lowest BCUT2D eigenvalue weighted by atomic mass is 10.2. The van der Waals surface area contributed by atoms with E-state index in [0.717, 1.165) is 20.9 Å². The molecule has 0 aliphatic rings. The lowest BCUT2D eigenvalue weighted by Crippen LogP contribution is -1.98. The van der Waals surface area contributed by atoms with Crippen molar-refractivity contribution >= 4 is 34.7 Å². The van der Waals surface area contributed by atoms with Crippen molar-refractivity contribution in [2.45, 2.75) is 17.8 Å². The first-order valence-electron chi connectivity index (χ1n) is 5.95. The molecule has 0 saturated heterocycles. The summed E-state index contributed by atoms with van der Waals surface area (Å²) in [5, 5.41) is 12.7. The van der Waals surface area contributed by atoms with E-state index in [4.69, 9.17) is 11.6 Å². The minimum Gasteiger partial charge on any atom is -0.188 e. The van der Waals surface area contributed by atoms with Crippen LogP contribution in [0.2, 0.25) is 4.34 Å². The molecule has 0 aliphatic carbocycles. The Hall–Kier alpha value is -1.37. The lowest BCUT2D eigenvalue weighted by Gasteiger charge is -2.03. The minimum atomic E-state index is 0.776. The third kappa shape index (κ3) is 3.03. The predicted octanol–water partition coefficient (Wildman–Crippen LogP) is 3.98. The van der Waals surface area contributed by atoms with Crippen LogP contribution in [0.1, 0.15) is 10.4 Å². The minimum absolute atomic E-state index is 0.776.